The Bertz CT molecular complexity index is 793. The van der Waals surface area contributed by atoms with E-state index in [1.807, 2.05) is 24.3 Å². The highest BCUT2D eigenvalue weighted by Gasteiger charge is 2.03. The molecule has 0 unspecified atom stereocenters. The summed E-state index contributed by atoms with van der Waals surface area (Å²) in [6, 6.07) is 14.5. The number of benzene rings is 2. The monoisotopic (exact) mass is 315 g/mol. The maximum Gasteiger partial charge on any atom is 0.336 e. The quantitative estimate of drug-likeness (QED) is 0.404. The first-order chi connectivity index (χ1) is 10.2. The number of ether oxygens (including phenoxy) is 1. The molecule has 2 aromatic carbocycles. The van der Waals surface area contributed by atoms with E-state index in [2.05, 4.69) is 4.98 Å². The highest BCUT2D eigenvalue weighted by Crippen LogP contribution is 2.22. The van der Waals surface area contributed by atoms with E-state index in [1.165, 1.54) is 17.4 Å². The normalized spacial score (nSPS) is 11.1. The van der Waals surface area contributed by atoms with Gasteiger partial charge in [-0.05, 0) is 36.4 Å². The summed E-state index contributed by atoms with van der Waals surface area (Å²) in [4.78, 5) is 16.1. The Morgan fingerprint density at radius 2 is 2.05 bits per heavy atom. The Hall–Kier alpha value is -2.17. The van der Waals surface area contributed by atoms with Crippen LogP contribution in [0.25, 0.3) is 16.3 Å². The number of carbonyl (C=O) groups excluding carboxylic acids is 1. The topological polar surface area (TPSA) is 39.2 Å². The third-order valence-electron chi connectivity index (χ3n) is 2.69. The lowest BCUT2D eigenvalue weighted by Crippen LogP contribution is -2.03. The van der Waals surface area contributed by atoms with Crippen LogP contribution >= 0.6 is 22.9 Å². The predicted octanol–water partition coefficient (Wildman–Crippen LogP) is 4.57. The van der Waals surface area contributed by atoms with Gasteiger partial charge >= 0.3 is 5.97 Å². The van der Waals surface area contributed by atoms with Crippen molar-refractivity contribution in [2.45, 2.75) is 0 Å². The van der Waals surface area contributed by atoms with Gasteiger partial charge in [0.15, 0.2) is 0 Å². The molecule has 3 nitrogen and oxygen atoms in total. The molecule has 1 heterocycles. The van der Waals surface area contributed by atoms with Crippen LogP contribution in [0.3, 0.4) is 0 Å². The fraction of sp³-hybridized carbons (Fsp3) is 0. The summed E-state index contributed by atoms with van der Waals surface area (Å²) in [6.45, 7) is 0. The number of rotatable bonds is 3. The second-order valence-electron chi connectivity index (χ2n) is 4.23. The van der Waals surface area contributed by atoms with Crippen molar-refractivity contribution in [3.63, 3.8) is 0 Å². The van der Waals surface area contributed by atoms with Crippen molar-refractivity contribution >= 4 is 45.2 Å². The van der Waals surface area contributed by atoms with Gasteiger partial charge in [-0.15, -0.1) is 11.3 Å². The predicted molar refractivity (Wildman–Crippen MR) is 85.7 cm³/mol. The van der Waals surface area contributed by atoms with Crippen LogP contribution in [0.2, 0.25) is 5.02 Å². The van der Waals surface area contributed by atoms with Crippen molar-refractivity contribution in [1.82, 2.24) is 4.98 Å². The molecule has 0 bridgehead atoms. The van der Waals surface area contributed by atoms with Crippen LogP contribution in [0.15, 0.2) is 54.6 Å². The van der Waals surface area contributed by atoms with E-state index in [9.17, 15) is 4.79 Å². The zero-order valence-corrected chi connectivity index (χ0v) is 12.4. The summed E-state index contributed by atoms with van der Waals surface area (Å²) < 4.78 is 6.24. The number of hydrogen-bond donors (Lipinski definition) is 0. The number of hydrogen-bond acceptors (Lipinski definition) is 4. The number of halogens is 1. The van der Waals surface area contributed by atoms with E-state index in [0.717, 1.165) is 15.2 Å². The molecule has 0 spiro atoms. The standard InChI is InChI=1S/C16H10ClNO2S/c17-11-4-3-5-12(10-11)20-16(19)9-8-15-18-13-6-1-2-7-14(13)21-15/h1-10H/b9-8+. The van der Waals surface area contributed by atoms with Crippen molar-refractivity contribution in [1.29, 1.82) is 0 Å². The third kappa shape index (κ3) is 3.48. The molecule has 0 aliphatic heterocycles. The van der Waals surface area contributed by atoms with Crippen molar-refractivity contribution in [2.75, 3.05) is 0 Å². The van der Waals surface area contributed by atoms with Gasteiger partial charge in [0.2, 0.25) is 0 Å². The average Bonchev–Trinajstić information content (AvgIpc) is 2.88. The van der Waals surface area contributed by atoms with Crippen LogP contribution in [-0.4, -0.2) is 11.0 Å². The fourth-order valence-corrected chi connectivity index (χ4v) is 2.83. The lowest BCUT2D eigenvalue weighted by Gasteiger charge is -2.00. The number of fused-ring (bicyclic) bond motifs is 1. The van der Waals surface area contributed by atoms with E-state index in [-0.39, 0.29) is 0 Å². The molecule has 1 aromatic heterocycles. The van der Waals surface area contributed by atoms with E-state index in [4.69, 9.17) is 16.3 Å². The fourth-order valence-electron chi connectivity index (χ4n) is 1.78. The minimum atomic E-state index is -0.462. The summed E-state index contributed by atoms with van der Waals surface area (Å²) in [6.07, 6.45) is 3.01. The largest absolute Gasteiger partial charge is 0.423 e. The van der Waals surface area contributed by atoms with Gasteiger partial charge in [0.25, 0.3) is 0 Å². The summed E-state index contributed by atoms with van der Waals surface area (Å²) in [5.41, 5.74) is 0.922. The van der Waals surface area contributed by atoms with Crippen molar-refractivity contribution in [2.24, 2.45) is 0 Å². The Balaban J connectivity index is 1.71. The van der Waals surface area contributed by atoms with Gasteiger partial charge in [-0.25, -0.2) is 9.78 Å². The van der Waals surface area contributed by atoms with E-state index >= 15 is 0 Å². The molecule has 5 heteroatoms. The Morgan fingerprint density at radius 3 is 2.86 bits per heavy atom. The Kier molecular flexibility index (Phi) is 3.99. The van der Waals surface area contributed by atoms with Gasteiger partial charge in [-0.1, -0.05) is 29.8 Å². The first-order valence-corrected chi connectivity index (χ1v) is 7.41. The lowest BCUT2D eigenvalue weighted by atomic mass is 10.3. The molecule has 0 fully saturated rings. The second kappa shape index (κ2) is 6.08. The average molecular weight is 316 g/mol. The van der Waals surface area contributed by atoms with Crippen LogP contribution in [0.1, 0.15) is 5.01 Å². The van der Waals surface area contributed by atoms with Crippen LogP contribution in [0.4, 0.5) is 0 Å². The number of carbonyl (C=O) groups is 1. The maximum atomic E-state index is 11.7. The van der Waals surface area contributed by atoms with Gasteiger partial charge in [-0.2, -0.15) is 0 Å². The summed E-state index contributed by atoms with van der Waals surface area (Å²) in [5, 5.41) is 1.29. The van der Waals surface area contributed by atoms with Crippen LogP contribution in [-0.2, 0) is 4.79 Å². The van der Waals surface area contributed by atoms with Gasteiger partial charge in [0, 0.05) is 11.1 Å². The number of esters is 1. The molecule has 0 N–H and O–H groups in total. The zero-order chi connectivity index (χ0) is 14.7. The first kappa shape index (κ1) is 13.8. The van der Waals surface area contributed by atoms with Crippen molar-refractivity contribution in [3.8, 4) is 5.75 Å². The lowest BCUT2D eigenvalue weighted by molar-refractivity contribution is -0.128. The molecule has 0 aliphatic rings. The number of nitrogens with zero attached hydrogens (tertiary/aromatic N) is 1. The van der Waals surface area contributed by atoms with Gasteiger partial charge in [0.1, 0.15) is 10.8 Å². The van der Waals surface area contributed by atoms with Gasteiger partial charge in [-0.3, -0.25) is 0 Å². The summed E-state index contributed by atoms with van der Waals surface area (Å²) in [7, 11) is 0. The highest BCUT2D eigenvalue weighted by atomic mass is 35.5. The molecule has 0 aliphatic carbocycles. The minimum absolute atomic E-state index is 0.418. The summed E-state index contributed by atoms with van der Waals surface area (Å²) in [5.74, 6) is -0.0435. The Morgan fingerprint density at radius 1 is 1.19 bits per heavy atom. The third-order valence-corrected chi connectivity index (χ3v) is 3.92. The molecule has 21 heavy (non-hydrogen) atoms. The van der Waals surface area contributed by atoms with E-state index < -0.39 is 5.97 Å². The van der Waals surface area contributed by atoms with Crippen LogP contribution in [0.5, 0.6) is 5.75 Å². The van der Waals surface area contributed by atoms with Crippen molar-refractivity contribution in [3.05, 3.63) is 64.6 Å². The first-order valence-electron chi connectivity index (χ1n) is 6.22. The number of thiazole rings is 1. The highest BCUT2D eigenvalue weighted by molar-refractivity contribution is 7.19. The van der Waals surface area contributed by atoms with Crippen LogP contribution in [0, 0.1) is 0 Å². The molecular weight excluding hydrogens is 306 g/mol. The van der Waals surface area contributed by atoms with Crippen LogP contribution < -0.4 is 4.74 Å². The number of para-hydroxylation sites is 1. The van der Waals surface area contributed by atoms with E-state index in [0.29, 0.717) is 10.8 Å². The van der Waals surface area contributed by atoms with Crippen molar-refractivity contribution < 1.29 is 9.53 Å². The molecule has 3 aromatic rings. The zero-order valence-electron chi connectivity index (χ0n) is 10.8. The smallest absolute Gasteiger partial charge is 0.336 e. The maximum absolute atomic E-state index is 11.7. The molecule has 0 saturated carbocycles. The molecule has 0 radical (unpaired) electrons. The Labute approximate surface area is 130 Å². The molecular formula is C16H10ClNO2S. The minimum Gasteiger partial charge on any atom is -0.423 e. The van der Waals surface area contributed by atoms with Gasteiger partial charge in [0.05, 0.1) is 10.2 Å². The van der Waals surface area contributed by atoms with E-state index in [1.54, 1.807) is 30.3 Å². The molecule has 3 rings (SSSR count). The SMILES string of the molecule is O=C(/C=C/c1nc2ccccc2s1)Oc1cccc(Cl)c1. The second-order valence-corrected chi connectivity index (χ2v) is 5.73. The molecule has 0 atom stereocenters. The molecule has 0 saturated heterocycles. The molecule has 104 valence electrons. The van der Waals surface area contributed by atoms with Gasteiger partial charge < -0.3 is 4.74 Å². The number of aromatic nitrogens is 1. The summed E-state index contributed by atoms with van der Waals surface area (Å²) >= 11 is 7.35. The molecule has 0 amide bonds.